The minimum Gasteiger partial charge on any atom is -0.481 e. The van der Waals surface area contributed by atoms with Gasteiger partial charge in [-0.05, 0) is 33.3 Å². The number of ether oxygens (including phenoxy) is 3. The van der Waals surface area contributed by atoms with Crippen LogP contribution in [0.3, 0.4) is 0 Å². The van der Waals surface area contributed by atoms with Crippen molar-refractivity contribution in [3.63, 3.8) is 0 Å². The van der Waals surface area contributed by atoms with Crippen molar-refractivity contribution in [3.05, 3.63) is 57.8 Å². The van der Waals surface area contributed by atoms with Gasteiger partial charge in [-0.15, -0.1) is 0 Å². The zero-order chi connectivity index (χ0) is 22.6. The normalized spacial score (nSPS) is 14.0. The molecule has 0 bridgehead atoms. The van der Waals surface area contributed by atoms with E-state index in [0.29, 0.717) is 18.9 Å². The van der Waals surface area contributed by atoms with Gasteiger partial charge in [-0.1, -0.05) is 30.3 Å². The number of esters is 1. The summed E-state index contributed by atoms with van der Waals surface area (Å²) in [7, 11) is 0. The first-order valence-corrected chi connectivity index (χ1v) is 10.1. The molecule has 1 aliphatic rings. The first-order valence-electron chi connectivity index (χ1n) is 10.1. The molecule has 0 aliphatic carbocycles. The molecule has 3 rings (SSSR count). The Morgan fingerprint density at radius 2 is 1.87 bits per heavy atom. The van der Waals surface area contributed by atoms with Crippen molar-refractivity contribution in [1.82, 2.24) is 14.9 Å². The Kier molecular flexibility index (Phi) is 6.62. The summed E-state index contributed by atoms with van der Waals surface area (Å²) in [6, 6.07) is 9.27. The molecule has 1 saturated heterocycles. The van der Waals surface area contributed by atoms with E-state index in [2.05, 4.69) is 9.97 Å². The molecule has 1 aliphatic heterocycles. The van der Waals surface area contributed by atoms with Crippen molar-refractivity contribution >= 4 is 12.1 Å². The van der Waals surface area contributed by atoms with Gasteiger partial charge in [0.25, 0.3) is 5.56 Å². The standard InChI is InChI=1S/C22H27N3O6/c1-5-29-20(27)16-17(30-13-14-9-7-6-8-10-14)19(26)24-18(23-16)15-11-25(12-15)21(28)31-22(2,3)4/h6-10,15H,5,11-13H2,1-4H3,(H,23,24,26). The molecule has 1 N–H and O–H groups in total. The molecule has 0 atom stereocenters. The summed E-state index contributed by atoms with van der Waals surface area (Å²) in [6.45, 7) is 7.93. The Morgan fingerprint density at radius 1 is 1.19 bits per heavy atom. The Balaban J connectivity index is 1.78. The maximum absolute atomic E-state index is 12.7. The van der Waals surface area contributed by atoms with E-state index in [9.17, 15) is 14.4 Å². The number of nitrogens with one attached hydrogen (secondary N) is 1. The van der Waals surface area contributed by atoms with Crippen molar-refractivity contribution in [3.8, 4) is 5.75 Å². The minimum absolute atomic E-state index is 0.104. The average Bonchev–Trinajstić information content (AvgIpc) is 2.65. The first kappa shape index (κ1) is 22.3. The number of hydrogen-bond donors (Lipinski definition) is 1. The Bertz CT molecular complexity index is 991. The fraction of sp³-hybridized carbons (Fsp3) is 0.455. The van der Waals surface area contributed by atoms with E-state index in [1.807, 2.05) is 30.3 Å². The lowest BCUT2D eigenvalue weighted by Crippen LogP contribution is -2.51. The second-order valence-electron chi connectivity index (χ2n) is 8.21. The van der Waals surface area contributed by atoms with Crippen molar-refractivity contribution in [1.29, 1.82) is 0 Å². The molecule has 2 heterocycles. The van der Waals surface area contributed by atoms with Gasteiger partial charge in [0.1, 0.15) is 18.0 Å². The molecule has 9 nitrogen and oxygen atoms in total. The zero-order valence-corrected chi connectivity index (χ0v) is 18.1. The van der Waals surface area contributed by atoms with E-state index in [-0.39, 0.29) is 30.6 Å². The van der Waals surface area contributed by atoms with Crippen LogP contribution in [0.5, 0.6) is 5.75 Å². The van der Waals surface area contributed by atoms with Crippen LogP contribution in [0.15, 0.2) is 35.1 Å². The molecule has 0 radical (unpaired) electrons. The highest BCUT2D eigenvalue weighted by Gasteiger charge is 2.37. The third-order valence-electron chi connectivity index (χ3n) is 4.51. The van der Waals surface area contributed by atoms with E-state index in [1.54, 1.807) is 27.7 Å². The number of carbonyl (C=O) groups excluding carboxylic acids is 2. The summed E-state index contributed by atoms with van der Waals surface area (Å²) < 4.78 is 16.0. The highest BCUT2D eigenvalue weighted by Crippen LogP contribution is 2.27. The van der Waals surface area contributed by atoms with E-state index in [4.69, 9.17) is 14.2 Å². The summed E-state index contributed by atoms with van der Waals surface area (Å²) >= 11 is 0. The molecule has 1 fully saturated rings. The van der Waals surface area contributed by atoms with Gasteiger partial charge in [0.2, 0.25) is 5.75 Å². The summed E-state index contributed by atoms with van der Waals surface area (Å²) in [6.07, 6.45) is -0.431. The fourth-order valence-corrected chi connectivity index (χ4v) is 3.00. The van der Waals surface area contributed by atoms with Gasteiger partial charge in [0.05, 0.1) is 12.5 Å². The zero-order valence-electron chi connectivity index (χ0n) is 18.1. The van der Waals surface area contributed by atoms with Gasteiger partial charge < -0.3 is 24.1 Å². The molecular formula is C22H27N3O6. The van der Waals surface area contributed by atoms with Crippen molar-refractivity contribution in [2.45, 2.75) is 45.8 Å². The second kappa shape index (κ2) is 9.20. The third-order valence-corrected chi connectivity index (χ3v) is 4.51. The topological polar surface area (TPSA) is 111 Å². The molecule has 0 saturated carbocycles. The van der Waals surface area contributed by atoms with Crippen molar-refractivity contribution < 1.29 is 23.8 Å². The number of amides is 1. The monoisotopic (exact) mass is 429 g/mol. The van der Waals surface area contributed by atoms with Crippen LogP contribution in [0.25, 0.3) is 0 Å². The van der Waals surface area contributed by atoms with Crippen LogP contribution in [-0.4, -0.2) is 52.2 Å². The third kappa shape index (κ3) is 5.62. The van der Waals surface area contributed by atoms with Gasteiger partial charge in [-0.2, -0.15) is 0 Å². The van der Waals surface area contributed by atoms with Crippen LogP contribution in [0.2, 0.25) is 0 Å². The number of hydrogen-bond acceptors (Lipinski definition) is 7. The van der Waals surface area contributed by atoms with Crippen LogP contribution >= 0.6 is 0 Å². The first-order chi connectivity index (χ1) is 14.7. The predicted octanol–water partition coefficient (Wildman–Crippen LogP) is 2.86. The quantitative estimate of drug-likeness (QED) is 0.703. The van der Waals surface area contributed by atoms with Crippen LogP contribution in [0.1, 0.15) is 55.5 Å². The summed E-state index contributed by atoms with van der Waals surface area (Å²) in [5.41, 5.74) is -0.497. The number of nitrogens with zero attached hydrogens (tertiary/aromatic N) is 2. The number of likely N-dealkylation sites (tertiary alicyclic amines) is 1. The minimum atomic E-state index is -0.735. The fourth-order valence-electron chi connectivity index (χ4n) is 3.00. The van der Waals surface area contributed by atoms with Gasteiger partial charge >= 0.3 is 12.1 Å². The molecule has 0 spiro atoms. The molecule has 31 heavy (non-hydrogen) atoms. The van der Waals surface area contributed by atoms with Gasteiger partial charge in [0.15, 0.2) is 5.69 Å². The second-order valence-corrected chi connectivity index (χ2v) is 8.21. The molecule has 9 heteroatoms. The van der Waals surface area contributed by atoms with Crippen LogP contribution < -0.4 is 10.3 Å². The molecule has 1 amide bonds. The van der Waals surface area contributed by atoms with E-state index < -0.39 is 23.2 Å². The van der Waals surface area contributed by atoms with E-state index >= 15 is 0 Å². The SMILES string of the molecule is CCOC(=O)c1nc(C2CN(C(=O)OC(C)(C)C)C2)[nH]c(=O)c1OCc1ccccc1. The number of aromatic nitrogens is 2. The van der Waals surface area contributed by atoms with Gasteiger partial charge in [0, 0.05) is 13.1 Å². The number of H-pyrrole nitrogens is 1. The molecule has 0 unspecified atom stereocenters. The maximum Gasteiger partial charge on any atom is 0.410 e. The summed E-state index contributed by atoms with van der Waals surface area (Å²) in [5, 5.41) is 0. The number of carbonyl (C=O) groups is 2. The summed E-state index contributed by atoms with van der Waals surface area (Å²) in [5.74, 6) is -0.841. The molecule has 1 aromatic heterocycles. The average molecular weight is 429 g/mol. The Morgan fingerprint density at radius 3 is 2.48 bits per heavy atom. The van der Waals surface area contributed by atoms with E-state index in [0.717, 1.165) is 5.56 Å². The Hall–Kier alpha value is -3.36. The number of benzene rings is 1. The van der Waals surface area contributed by atoms with Gasteiger partial charge in [-0.25, -0.2) is 14.6 Å². The predicted molar refractivity (Wildman–Crippen MR) is 112 cm³/mol. The summed E-state index contributed by atoms with van der Waals surface area (Å²) in [4.78, 5) is 45.8. The number of rotatable bonds is 6. The van der Waals surface area contributed by atoms with Crippen LogP contribution in [0, 0.1) is 0 Å². The smallest absolute Gasteiger partial charge is 0.410 e. The van der Waals surface area contributed by atoms with Crippen molar-refractivity contribution in [2.75, 3.05) is 19.7 Å². The van der Waals surface area contributed by atoms with E-state index in [1.165, 1.54) is 4.90 Å². The molecule has 1 aromatic carbocycles. The molecule has 166 valence electrons. The highest BCUT2D eigenvalue weighted by atomic mass is 16.6. The maximum atomic E-state index is 12.7. The molecule has 2 aromatic rings. The van der Waals surface area contributed by atoms with Crippen LogP contribution in [-0.2, 0) is 16.1 Å². The lowest BCUT2D eigenvalue weighted by atomic mass is 10.00. The Labute approximate surface area is 180 Å². The highest BCUT2D eigenvalue weighted by molar-refractivity contribution is 5.90. The lowest BCUT2D eigenvalue weighted by Gasteiger charge is -2.39. The number of aromatic amines is 1. The lowest BCUT2D eigenvalue weighted by molar-refractivity contribution is 0.00735. The largest absolute Gasteiger partial charge is 0.481 e. The van der Waals surface area contributed by atoms with Gasteiger partial charge in [-0.3, -0.25) is 4.79 Å². The van der Waals surface area contributed by atoms with Crippen molar-refractivity contribution in [2.24, 2.45) is 0 Å². The molecular weight excluding hydrogens is 402 g/mol. The van der Waals surface area contributed by atoms with Crippen LogP contribution in [0.4, 0.5) is 4.79 Å².